The highest BCUT2D eigenvalue weighted by Crippen LogP contribution is 2.30. The van der Waals surface area contributed by atoms with Crippen molar-refractivity contribution >= 4 is 34.8 Å². The lowest BCUT2D eigenvalue weighted by molar-refractivity contribution is 0.112. The van der Waals surface area contributed by atoms with Crippen LogP contribution in [0, 0.1) is 0 Å². The van der Waals surface area contributed by atoms with Crippen LogP contribution in [0.2, 0.25) is 5.02 Å². The number of unbranched alkanes of at least 4 members (excludes halogenated alkanes) is 2. The zero-order valence-electron chi connectivity index (χ0n) is 14.7. The molecule has 0 saturated carbocycles. The quantitative estimate of drug-likeness (QED) is 0.598. The standard InChI is InChI=1S/C20H28ClNO.ClH/c1-3-5-13-22(14-6-4-2)15-20(23)18-11-12-19(21)17-10-8-7-9-16(17)18;/h7-12,20,23H,3-6,13-15H2,1-2H3;1H. The van der Waals surface area contributed by atoms with E-state index in [2.05, 4.69) is 18.7 Å². The first-order chi connectivity index (χ1) is 11.2. The first-order valence-electron chi connectivity index (χ1n) is 8.75. The average Bonchev–Trinajstić information content (AvgIpc) is 2.57. The number of rotatable bonds is 9. The van der Waals surface area contributed by atoms with Crippen LogP contribution in [0.15, 0.2) is 36.4 Å². The van der Waals surface area contributed by atoms with Gasteiger partial charge < -0.3 is 10.0 Å². The highest BCUT2D eigenvalue weighted by molar-refractivity contribution is 6.35. The van der Waals surface area contributed by atoms with Crippen molar-refractivity contribution in [3.05, 3.63) is 47.0 Å². The molecule has 0 aliphatic rings. The van der Waals surface area contributed by atoms with Crippen LogP contribution in [-0.4, -0.2) is 29.6 Å². The third kappa shape index (κ3) is 5.63. The maximum Gasteiger partial charge on any atom is 0.0922 e. The predicted octanol–water partition coefficient (Wildman–Crippen LogP) is 5.85. The number of aliphatic hydroxyl groups is 1. The molecule has 2 nitrogen and oxygen atoms in total. The Balaban J connectivity index is 0.00000288. The molecule has 0 saturated heterocycles. The van der Waals surface area contributed by atoms with Crippen LogP contribution in [-0.2, 0) is 0 Å². The highest BCUT2D eigenvalue weighted by Gasteiger charge is 2.16. The van der Waals surface area contributed by atoms with Gasteiger partial charge in [-0.15, -0.1) is 12.4 Å². The number of aliphatic hydroxyl groups excluding tert-OH is 1. The van der Waals surface area contributed by atoms with Crippen LogP contribution in [0.1, 0.15) is 51.2 Å². The van der Waals surface area contributed by atoms with Crippen LogP contribution in [0.4, 0.5) is 0 Å². The van der Waals surface area contributed by atoms with Gasteiger partial charge in [-0.05, 0) is 42.9 Å². The summed E-state index contributed by atoms with van der Waals surface area (Å²) < 4.78 is 0. The van der Waals surface area contributed by atoms with Crippen molar-refractivity contribution in [1.82, 2.24) is 4.90 Å². The van der Waals surface area contributed by atoms with Crippen LogP contribution in [0.5, 0.6) is 0 Å². The van der Waals surface area contributed by atoms with Gasteiger partial charge in [0, 0.05) is 17.0 Å². The van der Waals surface area contributed by atoms with Crippen molar-refractivity contribution < 1.29 is 5.11 Å². The summed E-state index contributed by atoms with van der Waals surface area (Å²) in [5.74, 6) is 0. The first kappa shape index (κ1) is 21.2. The van der Waals surface area contributed by atoms with Crippen molar-refractivity contribution in [2.45, 2.75) is 45.6 Å². The zero-order chi connectivity index (χ0) is 16.7. The summed E-state index contributed by atoms with van der Waals surface area (Å²) in [7, 11) is 0. The van der Waals surface area contributed by atoms with Gasteiger partial charge in [0.25, 0.3) is 0 Å². The Morgan fingerprint density at radius 3 is 2.12 bits per heavy atom. The van der Waals surface area contributed by atoms with E-state index in [1.807, 2.05) is 36.4 Å². The van der Waals surface area contributed by atoms with E-state index in [1.165, 1.54) is 25.7 Å². The molecule has 1 unspecified atom stereocenters. The number of hydrogen-bond donors (Lipinski definition) is 1. The fraction of sp³-hybridized carbons (Fsp3) is 0.500. The third-order valence-corrected chi connectivity index (χ3v) is 4.68. The number of nitrogens with zero attached hydrogens (tertiary/aromatic N) is 1. The predicted molar refractivity (Wildman–Crippen MR) is 107 cm³/mol. The fourth-order valence-electron chi connectivity index (χ4n) is 2.98. The van der Waals surface area contributed by atoms with E-state index >= 15 is 0 Å². The zero-order valence-corrected chi connectivity index (χ0v) is 16.2. The summed E-state index contributed by atoms with van der Waals surface area (Å²) in [4.78, 5) is 2.39. The van der Waals surface area contributed by atoms with Crippen LogP contribution in [0.3, 0.4) is 0 Å². The summed E-state index contributed by atoms with van der Waals surface area (Å²) in [5.41, 5.74) is 0.975. The Hall–Kier alpha value is -0.800. The summed E-state index contributed by atoms with van der Waals surface area (Å²) in [5, 5.41) is 13.6. The summed E-state index contributed by atoms with van der Waals surface area (Å²) in [6.07, 6.45) is 4.24. The number of benzene rings is 2. The van der Waals surface area contributed by atoms with E-state index in [0.717, 1.165) is 34.4 Å². The fourth-order valence-corrected chi connectivity index (χ4v) is 3.20. The second-order valence-corrected chi connectivity index (χ2v) is 6.61. The highest BCUT2D eigenvalue weighted by atomic mass is 35.5. The lowest BCUT2D eigenvalue weighted by atomic mass is 10.00. The van der Waals surface area contributed by atoms with Crippen molar-refractivity contribution in [3.63, 3.8) is 0 Å². The molecule has 24 heavy (non-hydrogen) atoms. The van der Waals surface area contributed by atoms with Gasteiger partial charge in [0.2, 0.25) is 0 Å². The van der Waals surface area contributed by atoms with Crippen molar-refractivity contribution in [1.29, 1.82) is 0 Å². The second kappa shape index (κ2) is 10.9. The van der Waals surface area contributed by atoms with Gasteiger partial charge >= 0.3 is 0 Å². The van der Waals surface area contributed by atoms with E-state index in [4.69, 9.17) is 11.6 Å². The van der Waals surface area contributed by atoms with Gasteiger partial charge in [-0.25, -0.2) is 0 Å². The molecule has 0 heterocycles. The molecule has 2 aromatic rings. The molecule has 0 aromatic heterocycles. The van der Waals surface area contributed by atoms with E-state index in [9.17, 15) is 5.11 Å². The lowest BCUT2D eigenvalue weighted by Crippen LogP contribution is -2.30. The molecule has 0 amide bonds. The van der Waals surface area contributed by atoms with Crippen molar-refractivity contribution in [2.24, 2.45) is 0 Å². The Morgan fingerprint density at radius 2 is 1.54 bits per heavy atom. The lowest BCUT2D eigenvalue weighted by Gasteiger charge is -2.25. The molecule has 2 aromatic carbocycles. The SMILES string of the molecule is CCCCN(CCCC)CC(O)c1ccc(Cl)c2ccccc12.Cl. The monoisotopic (exact) mass is 369 g/mol. The molecule has 0 aliphatic heterocycles. The normalized spacial score (nSPS) is 12.4. The Kier molecular flexibility index (Phi) is 9.68. The minimum absolute atomic E-state index is 0. The van der Waals surface area contributed by atoms with Crippen molar-refractivity contribution in [3.8, 4) is 0 Å². The molecule has 2 rings (SSSR count). The summed E-state index contributed by atoms with van der Waals surface area (Å²) >= 11 is 6.28. The Labute approximate surface area is 157 Å². The van der Waals surface area contributed by atoms with Gasteiger partial charge in [-0.1, -0.05) is 68.6 Å². The maximum absolute atomic E-state index is 10.8. The van der Waals surface area contributed by atoms with E-state index in [1.54, 1.807) is 0 Å². The topological polar surface area (TPSA) is 23.5 Å². The average molecular weight is 370 g/mol. The third-order valence-electron chi connectivity index (χ3n) is 4.35. The Morgan fingerprint density at radius 1 is 0.958 bits per heavy atom. The number of fused-ring (bicyclic) bond motifs is 1. The molecule has 1 N–H and O–H groups in total. The van der Waals surface area contributed by atoms with Crippen LogP contribution < -0.4 is 0 Å². The Bertz CT molecular complexity index is 610. The molecule has 4 heteroatoms. The number of halogens is 2. The molecule has 0 spiro atoms. The van der Waals surface area contributed by atoms with Crippen LogP contribution in [0.25, 0.3) is 10.8 Å². The van der Waals surface area contributed by atoms with Crippen LogP contribution >= 0.6 is 24.0 Å². The maximum atomic E-state index is 10.8. The molecule has 0 bridgehead atoms. The van der Waals surface area contributed by atoms with E-state index < -0.39 is 6.10 Å². The molecule has 134 valence electrons. The summed E-state index contributed by atoms with van der Waals surface area (Å²) in [6.45, 7) is 7.21. The van der Waals surface area contributed by atoms with E-state index in [0.29, 0.717) is 6.54 Å². The minimum Gasteiger partial charge on any atom is -0.387 e. The first-order valence-corrected chi connectivity index (χ1v) is 9.12. The minimum atomic E-state index is -0.481. The second-order valence-electron chi connectivity index (χ2n) is 6.21. The van der Waals surface area contributed by atoms with Gasteiger partial charge in [-0.3, -0.25) is 0 Å². The molecular formula is C20H29Cl2NO. The van der Waals surface area contributed by atoms with E-state index in [-0.39, 0.29) is 12.4 Å². The molecule has 0 radical (unpaired) electrons. The molecule has 1 atom stereocenters. The van der Waals surface area contributed by atoms with Gasteiger partial charge in [0.05, 0.1) is 6.10 Å². The van der Waals surface area contributed by atoms with Gasteiger partial charge in [0.1, 0.15) is 0 Å². The van der Waals surface area contributed by atoms with Gasteiger partial charge in [-0.2, -0.15) is 0 Å². The van der Waals surface area contributed by atoms with Crippen molar-refractivity contribution in [2.75, 3.05) is 19.6 Å². The van der Waals surface area contributed by atoms with Gasteiger partial charge in [0.15, 0.2) is 0 Å². The molecule has 0 fully saturated rings. The molecule has 0 aliphatic carbocycles. The smallest absolute Gasteiger partial charge is 0.0922 e. The summed E-state index contributed by atoms with van der Waals surface area (Å²) in [6, 6.07) is 11.9. The number of hydrogen-bond acceptors (Lipinski definition) is 2. The largest absolute Gasteiger partial charge is 0.387 e. The molecular weight excluding hydrogens is 341 g/mol.